The molecule has 0 aliphatic carbocycles. The zero-order valence-corrected chi connectivity index (χ0v) is 11.9. The highest BCUT2D eigenvalue weighted by molar-refractivity contribution is 5.94. The number of nitrogens with zero attached hydrogens (tertiary/aromatic N) is 3. The van der Waals surface area contributed by atoms with Crippen molar-refractivity contribution in [2.45, 2.75) is 18.9 Å². The predicted molar refractivity (Wildman–Crippen MR) is 78.9 cm³/mol. The van der Waals surface area contributed by atoms with E-state index in [4.69, 9.17) is 0 Å². The average Bonchev–Trinajstić information content (AvgIpc) is 2.99. The lowest BCUT2D eigenvalue weighted by Crippen LogP contribution is -2.31. The number of aromatic nitrogens is 2. The van der Waals surface area contributed by atoms with Crippen molar-refractivity contribution in [2.24, 2.45) is 7.05 Å². The second-order valence-corrected chi connectivity index (χ2v) is 5.30. The Labute approximate surface area is 122 Å². The Morgan fingerprint density at radius 2 is 2.05 bits per heavy atom. The number of hydrogen-bond donors (Lipinski definition) is 0. The minimum Gasteiger partial charge on any atom is -0.332 e. The molecule has 1 saturated heterocycles. The lowest BCUT2D eigenvalue weighted by Gasteiger charge is -2.25. The van der Waals surface area contributed by atoms with Gasteiger partial charge in [0.2, 0.25) is 0 Å². The summed E-state index contributed by atoms with van der Waals surface area (Å²) in [4.78, 5) is 30.2. The van der Waals surface area contributed by atoms with Gasteiger partial charge in [-0.1, -0.05) is 0 Å². The lowest BCUT2D eigenvalue weighted by atomic mass is 10.1. The number of likely N-dealkylation sites (tertiary alicyclic amines) is 1. The third kappa shape index (κ3) is 2.59. The maximum Gasteiger partial charge on any atom is 0.254 e. The molecule has 5 nitrogen and oxygen atoms in total. The van der Waals surface area contributed by atoms with Crippen molar-refractivity contribution in [1.29, 1.82) is 0 Å². The summed E-state index contributed by atoms with van der Waals surface area (Å²) in [6, 6.07) is 7.07. The number of carbonyl (C=O) groups is 1. The monoisotopic (exact) mass is 283 g/mol. The molecule has 1 aliphatic rings. The van der Waals surface area contributed by atoms with Crippen molar-refractivity contribution < 1.29 is 4.79 Å². The molecule has 0 spiro atoms. The van der Waals surface area contributed by atoms with Gasteiger partial charge >= 0.3 is 0 Å². The number of hydrogen-bond acceptors (Lipinski definition) is 3. The molecule has 0 aromatic carbocycles. The van der Waals surface area contributed by atoms with Gasteiger partial charge in [-0.05, 0) is 36.6 Å². The van der Waals surface area contributed by atoms with Crippen LogP contribution in [0.1, 0.15) is 34.8 Å². The maximum atomic E-state index is 12.7. The predicted octanol–water partition coefficient (Wildman–Crippen LogP) is 1.76. The number of aryl methyl sites for hydroxylation is 1. The highest BCUT2D eigenvalue weighted by Crippen LogP contribution is 2.32. The molecule has 0 saturated carbocycles. The first-order chi connectivity index (χ1) is 10.2. The van der Waals surface area contributed by atoms with Gasteiger partial charge in [0, 0.05) is 43.8 Å². The van der Waals surface area contributed by atoms with E-state index in [0.29, 0.717) is 5.56 Å². The van der Waals surface area contributed by atoms with E-state index in [9.17, 15) is 9.59 Å². The molecule has 21 heavy (non-hydrogen) atoms. The minimum atomic E-state index is -0.166. The van der Waals surface area contributed by atoms with Crippen LogP contribution in [0.5, 0.6) is 0 Å². The summed E-state index contributed by atoms with van der Waals surface area (Å²) in [5.74, 6) is -0.0768. The van der Waals surface area contributed by atoms with Crippen LogP contribution in [-0.2, 0) is 7.05 Å². The molecular weight excluding hydrogens is 266 g/mol. The van der Waals surface area contributed by atoms with Crippen molar-refractivity contribution in [1.82, 2.24) is 14.5 Å². The summed E-state index contributed by atoms with van der Waals surface area (Å²) >= 11 is 0. The summed E-state index contributed by atoms with van der Waals surface area (Å²) in [7, 11) is 1.67. The van der Waals surface area contributed by atoms with Crippen LogP contribution in [-0.4, -0.2) is 26.9 Å². The van der Waals surface area contributed by atoms with E-state index in [0.717, 1.165) is 24.9 Å². The van der Waals surface area contributed by atoms with Gasteiger partial charge in [-0.25, -0.2) is 0 Å². The molecule has 5 heteroatoms. The van der Waals surface area contributed by atoms with E-state index >= 15 is 0 Å². The molecular formula is C16H17N3O2. The topological polar surface area (TPSA) is 55.2 Å². The van der Waals surface area contributed by atoms with E-state index in [-0.39, 0.29) is 17.5 Å². The standard InChI is InChI=1S/C16H17N3O2/c1-18-10-6-13(11-15(18)20)16(21)19-9-2-3-14(19)12-4-7-17-8-5-12/h4-8,10-11,14H,2-3,9H2,1H3. The number of amides is 1. The van der Waals surface area contributed by atoms with Gasteiger partial charge in [0.05, 0.1) is 6.04 Å². The Bertz CT molecular complexity index is 709. The van der Waals surface area contributed by atoms with E-state index in [1.165, 1.54) is 10.6 Å². The first-order valence-electron chi connectivity index (χ1n) is 7.04. The van der Waals surface area contributed by atoms with Gasteiger partial charge in [0.1, 0.15) is 0 Å². The third-order valence-electron chi connectivity index (χ3n) is 3.96. The smallest absolute Gasteiger partial charge is 0.254 e. The van der Waals surface area contributed by atoms with Crippen LogP contribution < -0.4 is 5.56 Å². The fourth-order valence-corrected chi connectivity index (χ4v) is 2.79. The Hall–Kier alpha value is -2.43. The van der Waals surface area contributed by atoms with Crippen LogP contribution in [0.25, 0.3) is 0 Å². The van der Waals surface area contributed by atoms with Gasteiger partial charge in [-0.3, -0.25) is 14.6 Å². The fraction of sp³-hybridized carbons (Fsp3) is 0.312. The molecule has 1 amide bonds. The fourth-order valence-electron chi connectivity index (χ4n) is 2.79. The van der Waals surface area contributed by atoms with Crippen LogP contribution in [0.2, 0.25) is 0 Å². The Morgan fingerprint density at radius 3 is 2.76 bits per heavy atom. The third-order valence-corrected chi connectivity index (χ3v) is 3.96. The van der Waals surface area contributed by atoms with Gasteiger partial charge in [0.25, 0.3) is 11.5 Å². The largest absolute Gasteiger partial charge is 0.332 e. The van der Waals surface area contributed by atoms with Crippen LogP contribution in [0, 0.1) is 0 Å². The highest BCUT2D eigenvalue weighted by atomic mass is 16.2. The van der Waals surface area contributed by atoms with Crippen LogP contribution in [0.4, 0.5) is 0 Å². The molecule has 2 aromatic heterocycles. The van der Waals surface area contributed by atoms with E-state index < -0.39 is 0 Å². The first-order valence-corrected chi connectivity index (χ1v) is 7.04. The Balaban J connectivity index is 1.89. The molecule has 2 aromatic rings. The molecule has 1 aliphatic heterocycles. The number of carbonyl (C=O) groups excluding carboxylic acids is 1. The first kappa shape index (κ1) is 13.5. The Kier molecular flexibility index (Phi) is 3.56. The Morgan fingerprint density at radius 1 is 1.29 bits per heavy atom. The SMILES string of the molecule is Cn1ccc(C(=O)N2CCCC2c2ccncc2)cc1=O. The van der Waals surface area contributed by atoms with Crippen LogP contribution >= 0.6 is 0 Å². The second-order valence-electron chi connectivity index (χ2n) is 5.30. The summed E-state index contributed by atoms with van der Waals surface area (Å²) in [5.41, 5.74) is 1.39. The van der Waals surface area contributed by atoms with Crippen molar-refractivity contribution in [3.63, 3.8) is 0 Å². The van der Waals surface area contributed by atoms with Crippen LogP contribution in [0.3, 0.4) is 0 Å². The molecule has 1 atom stereocenters. The quantitative estimate of drug-likeness (QED) is 0.844. The van der Waals surface area contributed by atoms with E-state index in [2.05, 4.69) is 4.98 Å². The number of pyridine rings is 2. The molecule has 0 N–H and O–H groups in total. The molecule has 0 bridgehead atoms. The lowest BCUT2D eigenvalue weighted by molar-refractivity contribution is 0.0735. The zero-order chi connectivity index (χ0) is 14.8. The molecule has 1 unspecified atom stereocenters. The summed E-state index contributed by atoms with van der Waals surface area (Å²) in [6.07, 6.45) is 7.04. The second kappa shape index (κ2) is 5.52. The van der Waals surface area contributed by atoms with Crippen molar-refractivity contribution in [3.8, 4) is 0 Å². The van der Waals surface area contributed by atoms with Crippen molar-refractivity contribution >= 4 is 5.91 Å². The zero-order valence-electron chi connectivity index (χ0n) is 11.9. The minimum absolute atomic E-state index is 0.0737. The maximum absolute atomic E-state index is 12.7. The molecule has 1 fully saturated rings. The average molecular weight is 283 g/mol. The van der Waals surface area contributed by atoms with Gasteiger partial charge < -0.3 is 9.47 Å². The normalized spacial score (nSPS) is 18.0. The molecule has 108 valence electrons. The van der Waals surface area contributed by atoms with Gasteiger partial charge in [0.15, 0.2) is 0 Å². The van der Waals surface area contributed by atoms with E-state index in [1.807, 2.05) is 17.0 Å². The van der Waals surface area contributed by atoms with E-state index in [1.54, 1.807) is 31.7 Å². The van der Waals surface area contributed by atoms with Gasteiger partial charge in [-0.2, -0.15) is 0 Å². The highest BCUT2D eigenvalue weighted by Gasteiger charge is 2.30. The van der Waals surface area contributed by atoms with Gasteiger partial charge in [-0.15, -0.1) is 0 Å². The summed E-state index contributed by atoms with van der Waals surface area (Å²) in [5, 5.41) is 0. The van der Waals surface area contributed by atoms with Crippen LogP contribution in [0.15, 0.2) is 47.7 Å². The molecule has 3 rings (SSSR count). The summed E-state index contributed by atoms with van der Waals surface area (Å²) in [6.45, 7) is 0.723. The summed E-state index contributed by atoms with van der Waals surface area (Å²) < 4.78 is 1.46. The molecule has 3 heterocycles. The molecule has 0 radical (unpaired) electrons. The van der Waals surface area contributed by atoms with Crippen molar-refractivity contribution in [2.75, 3.05) is 6.54 Å². The number of rotatable bonds is 2. The van der Waals surface area contributed by atoms with Crippen molar-refractivity contribution in [3.05, 3.63) is 64.3 Å².